The minimum absolute atomic E-state index is 0.614. The van der Waals surface area contributed by atoms with Crippen molar-refractivity contribution in [3.8, 4) is 0 Å². The lowest BCUT2D eigenvalue weighted by Crippen LogP contribution is -2.49. The second-order valence-electron chi connectivity index (χ2n) is 5.22. The van der Waals surface area contributed by atoms with E-state index in [1.165, 1.54) is 5.56 Å². The lowest BCUT2D eigenvalue weighted by atomic mass is 9.82. The van der Waals surface area contributed by atoms with E-state index in [4.69, 9.17) is 4.65 Å². The first kappa shape index (κ1) is 13.3. The molecule has 0 aliphatic rings. The zero-order chi connectivity index (χ0) is 12.4. The maximum Gasteiger partial charge on any atom is 0.330 e. The van der Waals surface area contributed by atoms with Gasteiger partial charge in [-0.2, -0.15) is 0 Å². The molecule has 0 aromatic heterocycles. The van der Waals surface area contributed by atoms with Crippen molar-refractivity contribution in [1.82, 2.24) is 0 Å². The molecule has 87 valence electrons. The van der Waals surface area contributed by atoms with Gasteiger partial charge in [0, 0.05) is 0 Å². The van der Waals surface area contributed by atoms with E-state index in [0.29, 0.717) is 0 Å². The van der Waals surface area contributed by atoms with Crippen LogP contribution in [0.25, 0.3) is 0 Å². The Kier molecular flexibility index (Phi) is 3.82. The average Bonchev–Trinajstić information content (AvgIpc) is 2.13. The first-order chi connectivity index (χ1) is 7.22. The Morgan fingerprint density at radius 2 is 1.81 bits per heavy atom. The van der Waals surface area contributed by atoms with Crippen LogP contribution in [0.2, 0.25) is 0 Å². The molecule has 3 heteroatoms. The highest BCUT2D eigenvalue weighted by atomic mass is 16.5. The Labute approximate surface area is 98.9 Å². The molecule has 0 saturated carbocycles. The summed E-state index contributed by atoms with van der Waals surface area (Å²) < 4.78 is 5.66. The number of hydrogen-bond acceptors (Lipinski definition) is 2. The second-order valence-corrected chi connectivity index (χ2v) is 5.22. The summed E-state index contributed by atoms with van der Waals surface area (Å²) in [7, 11) is 1.70. The smallest absolute Gasteiger partial charge is 0.330 e. The van der Waals surface area contributed by atoms with E-state index in [9.17, 15) is 5.11 Å². The third-order valence-corrected chi connectivity index (χ3v) is 3.01. The largest absolute Gasteiger partial charge is 0.427 e. The van der Waals surface area contributed by atoms with Crippen LogP contribution in [0, 0.1) is 6.92 Å². The Bertz CT molecular complexity index is 353. The summed E-state index contributed by atoms with van der Waals surface area (Å²) >= 11 is 0. The first-order valence-corrected chi connectivity index (χ1v) is 5.52. The predicted molar refractivity (Wildman–Crippen MR) is 68.0 cm³/mol. The van der Waals surface area contributed by atoms with Gasteiger partial charge < -0.3 is 9.76 Å². The van der Waals surface area contributed by atoms with Gasteiger partial charge in [-0.15, -0.1) is 0 Å². The van der Waals surface area contributed by atoms with Crippen LogP contribution in [0.4, 0.5) is 0 Å². The molecular weight excluding hydrogens is 199 g/mol. The summed E-state index contributed by atoms with van der Waals surface area (Å²) in [5.41, 5.74) is 0.708. The van der Waals surface area contributed by atoms with Gasteiger partial charge in [0.2, 0.25) is 0 Å². The fourth-order valence-electron chi connectivity index (χ4n) is 1.10. The molecule has 0 unspecified atom stereocenters. The molecule has 1 aromatic rings. The van der Waals surface area contributed by atoms with Gasteiger partial charge in [-0.1, -0.05) is 35.3 Å². The van der Waals surface area contributed by atoms with E-state index in [1.807, 2.05) is 45.0 Å². The van der Waals surface area contributed by atoms with Gasteiger partial charge in [0.15, 0.2) is 0 Å². The van der Waals surface area contributed by atoms with Crippen molar-refractivity contribution in [1.29, 1.82) is 0 Å². The standard InChI is InChI=1S/C13H20BO2/c1-10-7-6-8-11(9-10)14-16-13(4,5)12(2,3)15/h6-9,15H,1-5H3. The highest BCUT2D eigenvalue weighted by Crippen LogP contribution is 2.24. The summed E-state index contributed by atoms with van der Waals surface area (Å²) in [4.78, 5) is 0. The summed E-state index contributed by atoms with van der Waals surface area (Å²) in [6.45, 7) is 9.28. The summed E-state index contributed by atoms with van der Waals surface area (Å²) in [5.74, 6) is 0. The van der Waals surface area contributed by atoms with Crippen LogP contribution in [0.15, 0.2) is 24.3 Å². The minimum atomic E-state index is -0.882. The average molecular weight is 219 g/mol. The molecule has 0 atom stereocenters. The Hall–Kier alpha value is -0.795. The second kappa shape index (κ2) is 4.60. The van der Waals surface area contributed by atoms with Crippen molar-refractivity contribution in [2.75, 3.05) is 0 Å². The van der Waals surface area contributed by atoms with Crippen molar-refractivity contribution in [2.24, 2.45) is 0 Å². The molecule has 2 nitrogen and oxygen atoms in total. The number of aliphatic hydroxyl groups is 1. The molecule has 16 heavy (non-hydrogen) atoms. The number of benzene rings is 1. The monoisotopic (exact) mass is 219 g/mol. The molecule has 0 amide bonds. The van der Waals surface area contributed by atoms with Crippen LogP contribution in [0.3, 0.4) is 0 Å². The lowest BCUT2D eigenvalue weighted by molar-refractivity contribution is -0.0893. The summed E-state index contributed by atoms with van der Waals surface area (Å²) in [5, 5.41) is 9.93. The fraction of sp³-hybridized carbons (Fsp3) is 0.538. The van der Waals surface area contributed by atoms with Crippen LogP contribution < -0.4 is 5.46 Å². The molecule has 0 aliphatic carbocycles. The number of rotatable bonds is 4. The van der Waals surface area contributed by atoms with Crippen molar-refractivity contribution >= 4 is 12.9 Å². The fourth-order valence-corrected chi connectivity index (χ4v) is 1.10. The van der Waals surface area contributed by atoms with Crippen LogP contribution in [-0.2, 0) is 4.65 Å². The van der Waals surface area contributed by atoms with Crippen molar-refractivity contribution in [3.63, 3.8) is 0 Å². The molecule has 0 aliphatic heterocycles. The van der Waals surface area contributed by atoms with Crippen LogP contribution in [0.1, 0.15) is 33.3 Å². The van der Waals surface area contributed by atoms with Gasteiger partial charge >= 0.3 is 7.48 Å². The third kappa shape index (κ3) is 3.36. The van der Waals surface area contributed by atoms with E-state index in [2.05, 4.69) is 0 Å². The van der Waals surface area contributed by atoms with Gasteiger partial charge in [-0.25, -0.2) is 0 Å². The zero-order valence-electron chi connectivity index (χ0n) is 10.7. The molecule has 0 saturated heterocycles. The highest BCUT2D eigenvalue weighted by molar-refractivity contribution is 6.47. The van der Waals surface area contributed by atoms with Crippen molar-refractivity contribution in [2.45, 2.75) is 45.8 Å². The van der Waals surface area contributed by atoms with Crippen LogP contribution in [0.5, 0.6) is 0 Å². The maximum atomic E-state index is 9.93. The van der Waals surface area contributed by atoms with E-state index in [-0.39, 0.29) is 0 Å². The minimum Gasteiger partial charge on any atom is -0.427 e. The number of hydrogen-bond donors (Lipinski definition) is 1. The van der Waals surface area contributed by atoms with Crippen molar-refractivity contribution in [3.05, 3.63) is 29.8 Å². The summed E-state index contributed by atoms with van der Waals surface area (Å²) in [6.07, 6.45) is 0. The SMILES string of the molecule is Cc1cccc([B]OC(C)(C)C(C)(C)O)c1. The molecule has 0 heterocycles. The Balaban J connectivity index is 2.65. The molecule has 0 spiro atoms. The highest BCUT2D eigenvalue weighted by Gasteiger charge is 2.35. The van der Waals surface area contributed by atoms with Gasteiger partial charge in [0.05, 0.1) is 11.2 Å². The Morgan fingerprint density at radius 3 is 2.31 bits per heavy atom. The van der Waals surface area contributed by atoms with E-state index in [0.717, 1.165) is 5.46 Å². The lowest BCUT2D eigenvalue weighted by Gasteiger charge is -2.37. The molecule has 1 radical (unpaired) electrons. The summed E-state index contributed by atoms with van der Waals surface area (Å²) in [6, 6.07) is 8.05. The number of aryl methyl sites for hydroxylation is 1. The molecule has 1 rings (SSSR count). The molecule has 0 bridgehead atoms. The zero-order valence-corrected chi connectivity index (χ0v) is 10.7. The molecular formula is C13H20BO2. The Morgan fingerprint density at radius 1 is 1.19 bits per heavy atom. The first-order valence-electron chi connectivity index (χ1n) is 5.52. The van der Waals surface area contributed by atoms with Gasteiger partial charge in [0.1, 0.15) is 0 Å². The normalized spacial score (nSPS) is 12.6. The molecule has 1 N–H and O–H groups in total. The van der Waals surface area contributed by atoms with Gasteiger partial charge in [0.25, 0.3) is 0 Å². The van der Waals surface area contributed by atoms with E-state index < -0.39 is 11.2 Å². The predicted octanol–water partition coefficient (Wildman–Crippen LogP) is 1.81. The van der Waals surface area contributed by atoms with Crippen LogP contribution >= 0.6 is 0 Å². The third-order valence-electron chi connectivity index (χ3n) is 3.01. The van der Waals surface area contributed by atoms with E-state index >= 15 is 0 Å². The van der Waals surface area contributed by atoms with Gasteiger partial charge in [-0.3, -0.25) is 0 Å². The van der Waals surface area contributed by atoms with E-state index in [1.54, 1.807) is 21.3 Å². The molecule has 1 aromatic carbocycles. The quantitative estimate of drug-likeness (QED) is 0.782. The van der Waals surface area contributed by atoms with Crippen LogP contribution in [-0.4, -0.2) is 23.8 Å². The molecule has 0 fully saturated rings. The van der Waals surface area contributed by atoms with Gasteiger partial charge in [-0.05, 0) is 34.6 Å². The topological polar surface area (TPSA) is 29.5 Å². The maximum absolute atomic E-state index is 9.93. The van der Waals surface area contributed by atoms with Crippen molar-refractivity contribution < 1.29 is 9.76 Å².